The van der Waals surface area contributed by atoms with Crippen molar-refractivity contribution in [1.82, 2.24) is 5.32 Å². The molecule has 0 aliphatic heterocycles. The Labute approximate surface area is 121 Å². The molecule has 2 nitrogen and oxygen atoms in total. The highest BCUT2D eigenvalue weighted by atomic mass is 19.1. The van der Waals surface area contributed by atoms with Gasteiger partial charge in [0.1, 0.15) is 17.7 Å². The summed E-state index contributed by atoms with van der Waals surface area (Å²) in [6.07, 6.45) is 3.42. The van der Waals surface area contributed by atoms with Gasteiger partial charge in [-0.05, 0) is 49.8 Å². The zero-order chi connectivity index (χ0) is 14.8. The summed E-state index contributed by atoms with van der Waals surface area (Å²) in [6, 6.07) is 5.12. The van der Waals surface area contributed by atoms with E-state index in [1.165, 1.54) is 18.6 Å². The summed E-state index contributed by atoms with van der Waals surface area (Å²) < 4.78 is 19.6. The molecule has 0 saturated heterocycles. The number of hydrogen-bond acceptors (Lipinski definition) is 2. The highest BCUT2D eigenvalue weighted by Crippen LogP contribution is 2.37. The second-order valence-electron chi connectivity index (χ2n) is 6.64. The zero-order valence-electron chi connectivity index (χ0n) is 13.0. The van der Waals surface area contributed by atoms with Gasteiger partial charge in [-0.3, -0.25) is 0 Å². The molecule has 1 aliphatic rings. The Hall–Kier alpha value is -1.09. The Balaban J connectivity index is 2.16. The maximum Gasteiger partial charge on any atom is 0.126 e. The van der Waals surface area contributed by atoms with Crippen molar-refractivity contribution in [1.29, 1.82) is 0 Å². The Morgan fingerprint density at radius 1 is 1.40 bits per heavy atom. The van der Waals surface area contributed by atoms with Gasteiger partial charge in [0, 0.05) is 12.1 Å². The molecule has 2 atom stereocenters. The molecule has 20 heavy (non-hydrogen) atoms. The van der Waals surface area contributed by atoms with Crippen molar-refractivity contribution in [2.45, 2.75) is 59.1 Å². The molecule has 1 aromatic carbocycles. The summed E-state index contributed by atoms with van der Waals surface area (Å²) in [7, 11) is 0. The number of halogens is 1. The number of hydrogen-bond donors (Lipinski definition) is 1. The molecule has 0 amide bonds. The van der Waals surface area contributed by atoms with Gasteiger partial charge in [0.25, 0.3) is 0 Å². The topological polar surface area (TPSA) is 21.3 Å². The van der Waals surface area contributed by atoms with Crippen molar-refractivity contribution in [2.75, 3.05) is 6.54 Å². The molecule has 3 heteroatoms. The van der Waals surface area contributed by atoms with Gasteiger partial charge < -0.3 is 10.1 Å². The van der Waals surface area contributed by atoms with Crippen LogP contribution in [0.3, 0.4) is 0 Å². The van der Waals surface area contributed by atoms with Crippen LogP contribution in [0.1, 0.15) is 45.6 Å². The van der Waals surface area contributed by atoms with Crippen molar-refractivity contribution in [2.24, 2.45) is 5.41 Å². The number of rotatable bonds is 4. The molecule has 0 heterocycles. The van der Waals surface area contributed by atoms with E-state index in [1.807, 2.05) is 6.92 Å². The van der Waals surface area contributed by atoms with Crippen LogP contribution in [0.2, 0.25) is 0 Å². The van der Waals surface area contributed by atoms with Crippen LogP contribution < -0.4 is 10.1 Å². The SMILES string of the molecule is CCNC1CCC(C)(C)CC1Oc1cc(F)ccc1C. The molecule has 112 valence electrons. The van der Waals surface area contributed by atoms with E-state index in [2.05, 4.69) is 26.1 Å². The largest absolute Gasteiger partial charge is 0.488 e. The minimum atomic E-state index is -0.235. The molecule has 1 aliphatic carbocycles. The van der Waals surface area contributed by atoms with Gasteiger partial charge in [-0.25, -0.2) is 4.39 Å². The quantitative estimate of drug-likeness (QED) is 0.897. The second-order valence-corrected chi connectivity index (χ2v) is 6.64. The average molecular weight is 279 g/mol. The van der Waals surface area contributed by atoms with E-state index in [1.54, 1.807) is 6.07 Å². The third-order valence-corrected chi connectivity index (χ3v) is 4.23. The lowest BCUT2D eigenvalue weighted by Gasteiger charge is -2.41. The molecular weight excluding hydrogens is 253 g/mol. The first-order valence-corrected chi connectivity index (χ1v) is 7.57. The predicted molar refractivity (Wildman–Crippen MR) is 80.6 cm³/mol. The van der Waals surface area contributed by atoms with E-state index < -0.39 is 0 Å². The fourth-order valence-electron chi connectivity index (χ4n) is 3.00. The Morgan fingerprint density at radius 3 is 2.85 bits per heavy atom. The first-order valence-electron chi connectivity index (χ1n) is 7.57. The molecule has 0 spiro atoms. The molecular formula is C17H26FNO. The number of likely N-dealkylation sites (N-methyl/N-ethyl adjacent to an activating group) is 1. The normalized spacial score (nSPS) is 25.4. The summed E-state index contributed by atoms with van der Waals surface area (Å²) in [5.41, 5.74) is 1.28. The molecule has 0 radical (unpaired) electrons. The highest BCUT2D eigenvalue weighted by molar-refractivity contribution is 5.33. The number of nitrogens with one attached hydrogen (secondary N) is 1. The lowest BCUT2D eigenvalue weighted by atomic mass is 9.74. The average Bonchev–Trinajstić information content (AvgIpc) is 2.37. The molecule has 0 bridgehead atoms. The summed E-state index contributed by atoms with van der Waals surface area (Å²) in [5, 5.41) is 3.51. The van der Waals surface area contributed by atoms with Crippen molar-refractivity contribution in [3.8, 4) is 5.75 Å². The third-order valence-electron chi connectivity index (χ3n) is 4.23. The lowest BCUT2D eigenvalue weighted by Crippen LogP contribution is -2.49. The van der Waals surface area contributed by atoms with Gasteiger partial charge in [-0.1, -0.05) is 26.8 Å². The zero-order valence-corrected chi connectivity index (χ0v) is 13.0. The molecule has 2 rings (SSSR count). The fraction of sp³-hybridized carbons (Fsp3) is 0.647. The number of benzene rings is 1. The van der Waals surface area contributed by atoms with Gasteiger partial charge in [0.05, 0.1) is 0 Å². The van der Waals surface area contributed by atoms with E-state index in [9.17, 15) is 4.39 Å². The van der Waals surface area contributed by atoms with Crippen LogP contribution >= 0.6 is 0 Å². The first kappa shape index (κ1) is 15.3. The highest BCUT2D eigenvalue weighted by Gasteiger charge is 2.36. The smallest absolute Gasteiger partial charge is 0.126 e. The van der Waals surface area contributed by atoms with E-state index in [0.29, 0.717) is 11.8 Å². The van der Waals surface area contributed by atoms with Crippen LogP contribution in [0.5, 0.6) is 5.75 Å². The van der Waals surface area contributed by atoms with Crippen LogP contribution in [0.25, 0.3) is 0 Å². The fourth-order valence-corrected chi connectivity index (χ4v) is 3.00. The molecule has 2 unspecified atom stereocenters. The summed E-state index contributed by atoms with van der Waals surface area (Å²) in [6.45, 7) is 9.58. The summed E-state index contributed by atoms with van der Waals surface area (Å²) in [4.78, 5) is 0. The molecule has 1 aromatic rings. The Kier molecular flexibility index (Phi) is 4.69. The molecule has 0 aromatic heterocycles. The van der Waals surface area contributed by atoms with Gasteiger partial charge in [0.15, 0.2) is 0 Å². The van der Waals surface area contributed by atoms with Crippen LogP contribution in [0, 0.1) is 18.2 Å². The van der Waals surface area contributed by atoms with Crippen molar-refractivity contribution < 1.29 is 9.13 Å². The van der Waals surface area contributed by atoms with E-state index in [4.69, 9.17) is 4.74 Å². The minimum absolute atomic E-state index is 0.110. The maximum atomic E-state index is 13.4. The van der Waals surface area contributed by atoms with Gasteiger partial charge in [0.2, 0.25) is 0 Å². The van der Waals surface area contributed by atoms with Crippen LogP contribution in [-0.2, 0) is 0 Å². The van der Waals surface area contributed by atoms with E-state index >= 15 is 0 Å². The van der Waals surface area contributed by atoms with Gasteiger partial charge in [-0.15, -0.1) is 0 Å². The van der Waals surface area contributed by atoms with E-state index in [-0.39, 0.29) is 17.3 Å². The second kappa shape index (κ2) is 6.13. The van der Waals surface area contributed by atoms with Crippen molar-refractivity contribution in [3.05, 3.63) is 29.6 Å². The predicted octanol–water partition coefficient (Wildman–Crippen LogP) is 4.07. The Morgan fingerprint density at radius 2 is 2.15 bits per heavy atom. The maximum absolute atomic E-state index is 13.4. The van der Waals surface area contributed by atoms with Crippen LogP contribution in [-0.4, -0.2) is 18.7 Å². The van der Waals surface area contributed by atoms with Gasteiger partial charge in [-0.2, -0.15) is 0 Å². The van der Waals surface area contributed by atoms with Crippen LogP contribution in [0.4, 0.5) is 4.39 Å². The minimum Gasteiger partial charge on any atom is -0.488 e. The summed E-state index contributed by atoms with van der Waals surface area (Å²) >= 11 is 0. The third kappa shape index (κ3) is 3.72. The monoisotopic (exact) mass is 279 g/mol. The molecule has 1 fully saturated rings. The number of aryl methyl sites for hydroxylation is 1. The Bertz CT molecular complexity index is 458. The first-order chi connectivity index (χ1) is 9.41. The number of ether oxygens (including phenoxy) is 1. The lowest BCUT2D eigenvalue weighted by molar-refractivity contribution is 0.0530. The van der Waals surface area contributed by atoms with Crippen molar-refractivity contribution in [3.63, 3.8) is 0 Å². The standard InChI is InChI=1S/C17H26FNO/c1-5-19-14-8-9-17(3,4)11-16(14)20-15-10-13(18)7-6-12(15)2/h6-7,10,14,16,19H,5,8-9,11H2,1-4H3. The summed E-state index contributed by atoms with van der Waals surface area (Å²) in [5.74, 6) is 0.441. The molecule has 1 N–H and O–H groups in total. The molecule has 1 saturated carbocycles. The van der Waals surface area contributed by atoms with E-state index in [0.717, 1.165) is 24.9 Å². The van der Waals surface area contributed by atoms with Gasteiger partial charge >= 0.3 is 0 Å². The van der Waals surface area contributed by atoms with Crippen molar-refractivity contribution >= 4 is 0 Å². The van der Waals surface area contributed by atoms with Crippen LogP contribution in [0.15, 0.2) is 18.2 Å².